The Bertz CT molecular complexity index is 1120. The zero-order valence-electron chi connectivity index (χ0n) is 16.5. The Morgan fingerprint density at radius 1 is 1.20 bits per heavy atom. The minimum absolute atomic E-state index is 0.349. The van der Waals surface area contributed by atoms with Gasteiger partial charge in [-0.15, -0.1) is 0 Å². The molecule has 0 bridgehead atoms. The molecule has 0 amide bonds. The molecule has 3 aromatic rings. The highest BCUT2D eigenvalue weighted by Gasteiger charge is 2.47. The van der Waals surface area contributed by atoms with E-state index in [0.29, 0.717) is 16.7 Å². The topological polar surface area (TPSA) is 62.1 Å². The van der Waals surface area contributed by atoms with E-state index in [0.717, 1.165) is 43.3 Å². The van der Waals surface area contributed by atoms with Crippen molar-refractivity contribution in [2.24, 2.45) is 0 Å². The van der Waals surface area contributed by atoms with Gasteiger partial charge in [0.1, 0.15) is 17.5 Å². The van der Waals surface area contributed by atoms with Crippen LogP contribution in [0.4, 0.5) is 16.2 Å². The Morgan fingerprint density at radius 3 is 2.77 bits per heavy atom. The van der Waals surface area contributed by atoms with Crippen molar-refractivity contribution in [2.45, 2.75) is 18.4 Å². The van der Waals surface area contributed by atoms with E-state index < -0.39 is 0 Å². The standard InChI is InChI=1S/C21H21ClFN7/c1-14-28(2)9-10-30(14)19-5-8-24-20(26-19)27-21(6-7-21)18-12-29(13-25-18)17-11-15(22)3-4-16(17)23/h3-5,8,11-13H,1,6-7,9-10H2,2H3,(H,24,26,27). The van der Waals surface area contributed by atoms with Crippen LogP contribution in [0.3, 0.4) is 0 Å². The van der Waals surface area contributed by atoms with E-state index in [4.69, 9.17) is 11.6 Å². The van der Waals surface area contributed by atoms with Crippen LogP contribution in [0.5, 0.6) is 0 Å². The number of imidazole rings is 1. The molecule has 1 saturated heterocycles. The van der Waals surface area contributed by atoms with Gasteiger partial charge >= 0.3 is 0 Å². The fourth-order valence-electron chi connectivity index (χ4n) is 3.69. The number of hydrogen-bond acceptors (Lipinski definition) is 6. The van der Waals surface area contributed by atoms with Gasteiger partial charge in [-0.25, -0.2) is 14.4 Å². The van der Waals surface area contributed by atoms with Gasteiger partial charge in [0.25, 0.3) is 0 Å². The summed E-state index contributed by atoms with van der Waals surface area (Å²) in [6, 6.07) is 6.35. The van der Waals surface area contributed by atoms with Crippen molar-refractivity contribution >= 4 is 23.4 Å². The second-order valence-electron chi connectivity index (χ2n) is 7.70. The Hall–Kier alpha value is -3.13. The summed E-state index contributed by atoms with van der Waals surface area (Å²) in [4.78, 5) is 17.8. The first-order valence-corrected chi connectivity index (χ1v) is 10.1. The van der Waals surface area contributed by atoms with E-state index in [2.05, 4.69) is 36.6 Å². The van der Waals surface area contributed by atoms with Gasteiger partial charge in [0.05, 0.1) is 23.2 Å². The molecule has 2 aromatic heterocycles. The molecule has 7 nitrogen and oxygen atoms in total. The molecule has 1 saturated carbocycles. The van der Waals surface area contributed by atoms with E-state index in [9.17, 15) is 4.39 Å². The number of likely N-dealkylation sites (N-methyl/N-ethyl adjacent to an activating group) is 1. The number of halogens is 2. The van der Waals surface area contributed by atoms with Crippen LogP contribution in [-0.4, -0.2) is 44.6 Å². The van der Waals surface area contributed by atoms with Gasteiger partial charge in [-0.2, -0.15) is 4.98 Å². The van der Waals surface area contributed by atoms with Crippen molar-refractivity contribution in [1.29, 1.82) is 0 Å². The summed E-state index contributed by atoms with van der Waals surface area (Å²) in [7, 11) is 2.01. The molecule has 1 aliphatic carbocycles. The van der Waals surface area contributed by atoms with Crippen LogP contribution < -0.4 is 10.2 Å². The summed E-state index contributed by atoms with van der Waals surface area (Å²) in [5, 5.41) is 3.91. The first-order valence-electron chi connectivity index (χ1n) is 9.74. The maximum atomic E-state index is 14.2. The highest BCUT2D eigenvalue weighted by Crippen LogP contribution is 2.47. The van der Waals surface area contributed by atoms with Gasteiger partial charge in [0.15, 0.2) is 0 Å². The quantitative estimate of drug-likeness (QED) is 0.671. The lowest BCUT2D eigenvalue weighted by Crippen LogP contribution is -2.23. The average molecular weight is 426 g/mol. The van der Waals surface area contributed by atoms with Gasteiger partial charge < -0.3 is 19.7 Å². The van der Waals surface area contributed by atoms with Gasteiger partial charge in [-0.05, 0) is 37.1 Å². The lowest BCUT2D eigenvalue weighted by molar-refractivity contribution is 0.489. The molecule has 0 spiro atoms. The number of nitrogens with zero attached hydrogens (tertiary/aromatic N) is 6. The SMILES string of the molecule is C=C1N(C)CCN1c1ccnc(NC2(c3cn(-c4cc(Cl)ccc4F)cn3)CC2)n1. The maximum absolute atomic E-state index is 14.2. The summed E-state index contributed by atoms with van der Waals surface area (Å²) < 4.78 is 15.9. The first-order chi connectivity index (χ1) is 14.4. The van der Waals surface area contributed by atoms with Crippen LogP contribution in [0.25, 0.3) is 5.69 Å². The molecule has 0 unspecified atom stereocenters. The molecule has 30 heavy (non-hydrogen) atoms. The fraction of sp³-hybridized carbons (Fsp3) is 0.286. The van der Waals surface area contributed by atoms with Crippen LogP contribution in [0, 0.1) is 5.82 Å². The third-order valence-electron chi connectivity index (χ3n) is 5.69. The fourth-order valence-corrected chi connectivity index (χ4v) is 3.86. The molecule has 9 heteroatoms. The predicted octanol–water partition coefficient (Wildman–Crippen LogP) is 3.78. The summed E-state index contributed by atoms with van der Waals surface area (Å²) in [5.74, 6) is 1.91. The number of hydrogen-bond donors (Lipinski definition) is 1. The molecule has 1 aliphatic heterocycles. The third-order valence-corrected chi connectivity index (χ3v) is 5.92. The smallest absolute Gasteiger partial charge is 0.225 e. The van der Waals surface area contributed by atoms with E-state index in [1.807, 2.05) is 19.3 Å². The summed E-state index contributed by atoms with van der Waals surface area (Å²) in [5.41, 5.74) is 0.839. The normalized spacial score (nSPS) is 17.5. The lowest BCUT2D eigenvalue weighted by Gasteiger charge is -2.21. The molecule has 5 rings (SSSR count). The summed E-state index contributed by atoms with van der Waals surface area (Å²) >= 11 is 6.03. The Morgan fingerprint density at radius 2 is 2.03 bits per heavy atom. The van der Waals surface area contributed by atoms with E-state index in [1.54, 1.807) is 23.2 Å². The molecule has 3 heterocycles. The van der Waals surface area contributed by atoms with Crippen molar-refractivity contribution in [3.05, 3.63) is 71.9 Å². The zero-order chi connectivity index (χ0) is 20.9. The summed E-state index contributed by atoms with van der Waals surface area (Å²) in [6.45, 7) is 5.87. The molecule has 154 valence electrons. The molecule has 2 fully saturated rings. The van der Waals surface area contributed by atoms with Crippen LogP contribution >= 0.6 is 11.6 Å². The molecule has 0 atom stereocenters. The van der Waals surface area contributed by atoms with Crippen LogP contribution in [0.1, 0.15) is 18.5 Å². The molecular formula is C21H21ClFN7. The summed E-state index contributed by atoms with van der Waals surface area (Å²) in [6.07, 6.45) is 6.97. The molecule has 0 radical (unpaired) electrons. The van der Waals surface area contributed by atoms with Crippen molar-refractivity contribution in [3.63, 3.8) is 0 Å². The first kappa shape index (κ1) is 18.9. The largest absolute Gasteiger partial charge is 0.360 e. The molecular weight excluding hydrogens is 405 g/mol. The number of nitrogens with one attached hydrogen (secondary N) is 1. The average Bonchev–Trinajstić information content (AvgIpc) is 3.19. The van der Waals surface area contributed by atoms with Crippen molar-refractivity contribution in [2.75, 3.05) is 30.4 Å². The van der Waals surface area contributed by atoms with Gasteiger partial charge in [-0.3, -0.25) is 0 Å². The second-order valence-corrected chi connectivity index (χ2v) is 8.13. The lowest BCUT2D eigenvalue weighted by atomic mass is 10.2. The van der Waals surface area contributed by atoms with Crippen LogP contribution in [0.15, 0.2) is 55.4 Å². The van der Waals surface area contributed by atoms with E-state index >= 15 is 0 Å². The van der Waals surface area contributed by atoms with Gasteiger partial charge in [0, 0.05) is 37.6 Å². The van der Waals surface area contributed by atoms with Crippen molar-refractivity contribution < 1.29 is 4.39 Å². The van der Waals surface area contributed by atoms with Crippen molar-refractivity contribution in [3.8, 4) is 5.69 Å². The highest BCUT2D eigenvalue weighted by molar-refractivity contribution is 6.30. The minimum Gasteiger partial charge on any atom is -0.360 e. The number of anilines is 2. The van der Waals surface area contributed by atoms with Gasteiger partial charge in [-0.1, -0.05) is 18.2 Å². The number of aromatic nitrogens is 4. The minimum atomic E-state index is -0.354. The van der Waals surface area contributed by atoms with Crippen molar-refractivity contribution in [1.82, 2.24) is 24.4 Å². The van der Waals surface area contributed by atoms with Gasteiger partial charge in [0.2, 0.25) is 5.95 Å². The number of rotatable bonds is 5. The third kappa shape index (κ3) is 3.27. The molecule has 2 aliphatic rings. The predicted molar refractivity (Wildman–Crippen MR) is 114 cm³/mol. The van der Waals surface area contributed by atoms with E-state index in [1.165, 1.54) is 12.1 Å². The highest BCUT2D eigenvalue weighted by atomic mass is 35.5. The maximum Gasteiger partial charge on any atom is 0.225 e. The Labute approximate surface area is 178 Å². The van der Waals surface area contributed by atoms with Crippen LogP contribution in [-0.2, 0) is 5.54 Å². The Balaban J connectivity index is 1.39. The monoisotopic (exact) mass is 425 g/mol. The number of benzene rings is 1. The Kier molecular flexibility index (Phi) is 4.39. The molecule has 1 aromatic carbocycles. The molecule has 1 N–H and O–H groups in total. The van der Waals surface area contributed by atoms with E-state index in [-0.39, 0.29) is 11.4 Å². The zero-order valence-corrected chi connectivity index (χ0v) is 17.3. The second kappa shape index (κ2) is 6.98. The van der Waals surface area contributed by atoms with Crippen LogP contribution in [0.2, 0.25) is 5.02 Å².